The van der Waals surface area contributed by atoms with Gasteiger partial charge in [0.15, 0.2) is 0 Å². The fourth-order valence-electron chi connectivity index (χ4n) is 3.35. The molecule has 0 radical (unpaired) electrons. The monoisotopic (exact) mass is 287 g/mol. The van der Waals surface area contributed by atoms with E-state index in [9.17, 15) is 9.59 Å². The third-order valence-electron chi connectivity index (χ3n) is 4.71. The van der Waals surface area contributed by atoms with Gasteiger partial charge in [-0.25, -0.2) is 0 Å². The molecule has 1 saturated heterocycles. The molecule has 5 nitrogen and oxygen atoms in total. The summed E-state index contributed by atoms with van der Waals surface area (Å²) >= 11 is 0. The Kier molecular flexibility index (Phi) is 3.45. The predicted molar refractivity (Wildman–Crippen MR) is 81.7 cm³/mol. The Morgan fingerprint density at radius 3 is 2.57 bits per heavy atom. The minimum absolute atomic E-state index is 0.199. The molecule has 0 spiro atoms. The van der Waals surface area contributed by atoms with Crippen LogP contribution in [0.2, 0.25) is 0 Å². The van der Waals surface area contributed by atoms with E-state index in [-0.39, 0.29) is 11.8 Å². The van der Waals surface area contributed by atoms with Gasteiger partial charge in [0.25, 0.3) is 11.8 Å². The second-order valence-electron chi connectivity index (χ2n) is 6.01. The average molecular weight is 287 g/mol. The van der Waals surface area contributed by atoms with Crippen molar-refractivity contribution in [3.63, 3.8) is 0 Å². The lowest BCUT2D eigenvalue weighted by molar-refractivity contribution is 0.0693. The topological polar surface area (TPSA) is 52.7 Å². The maximum Gasteiger partial charge on any atom is 0.261 e. The zero-order valence-corrected chi connectivity index (χ0v) is 12.7. The van der Waals surface area contributed by atoms with Gasteiger partial charge in [0, 0.05) is 31.9 Å². The predicted octanol–water partition coefficient (Wildman–Crippen LogP) is 1.35. The summed E-state index contributed by atoms with van der Waals surface area (Å²) in [5, 5.41) is 3.35. The van der Waals surface area contributed by atoms with Gasteiger partial charge < -0.3 is 10.2 Å². The molecule has 2 heterocycles. The maximum absolute atomic E-state index is 12.1. The molecule has 112 valence electrons. The first-order valence-corrected chi connectivity index (χ1v) is 7.41. The van der Waals surface area contributed by atoms with Gasteiger partial charge in [-0.15, -0.1) is 0 Å². The number of rotatable bonds is 2. The van der Waals surface area contributed by atoms with Crippen LogP contribution < -0.4 is 10.2 Å². The number of carbonyl (C=O) groups is 2. The molecule has 0 aromatic heterocycles. The average Bonchev–Trinajstić information content (AvgIpc) is 2.71. The smallest absolute Gasteiger partial charge is 0.261 e. The molecule has 2 aliphatic rings. The highest BCUT2D eigenvalue weighted by Crippen LogP contribution is 2.29. The van der Waals surface area contributed by atoms with Gasteiger partial charge in [-0.3, -0.25) is 14.5 Å². The van der Waals surface area contributed by atoms with E-state index >= 15 is 0 Å². The Balaban J connectivity index is 1.86. The van der Waals surface area contributed by atoms with Crippen LogP contribution in [-0.2, 0) is 0 Å². The van der Waals surface area contributed by atoms with Gasteiger partial charge in [-0.2, -0.15) is 0 Å². The second-order valence-corrected chi connectivity index (χ2v) is 6.01. The zero-order chi connectivity index (χ0) is 15.1. The van der Waals surface area contributed by atoms with Gasteiger partial charge in [0.05, 0.1) is 11.1 Å². The SMILES string of the molecule is CNC1CCN(c2ccc3c(c2)C(=O)N(C)C3=O)CC1C. The van der Waals surface area contributed by atoms with Crippen molar-refractivity contribution < 1.29 is 9.59 Å². The third kappa shape index (κ3) is 2.21. The summed E-state index contributed by atoms with van der Waals surface area (Å²) in [6.07, 6.45) is 1.08. The number of hydrogen-bond donors (Lipinski definition) is 1. The fourth-order valence-corrected chi connectivity index (χ4v) is 3.35. The van der Waals surface area contributed by atoms with Crippen LogP contribution in [0.5, 0.6) is 0 Å². The molecule has 0 saturated carbocycles. The van der Waals surface area contributed by atoms with Crippen molar-refractivity contribution in [3.8, 4) is 0 Å². The minimum Gasteiger partial charge on any atom is -0.371 e. The molecule has 0 bridgehead atoms. The number of fused-ring (bicyclic) bond motifs is 1. The van der Waals surface area contributed by atoms with Crippen LogP contribution in [0.25, 0.3) is 0 Å². The summed E-state index contributed by atoms with van der Waals surface area (Å²) in [5.41, 5.74) is 2.08. The summed E-state index contributed by atoms with van der Waals surface area (Å²) in [6, 6.07) is 6.15. The van der Waals surface area contributed by atoms with E-state index in [1.807, 2.05) is 19.2 Å². The van der Waals surface area contributed by atoms with E-state index in [4.69, 9.17) is 0 Å². The van der Waals surface area contributed by atoms with E-state index in [0.717, 1.165) is 25.2 Å². The summed E-state index contributed by atoms with van der Waals surface area (Å²) in [6.45, 7) is 4.16. The molecule has 21 heavy (non-hydrogen) atoms. The van der Waals surface area contributed by atoms with Gasteiger partial charge in [0.1, 0.15) is 0 Å². The van der Waals surface area contributed by atoms with E-state index in [0.29, 0.717) is 23.1 Å². The summed E-state index contributed by atoms with van der Waals surface area (Å²) < 4.78 is 0. The van der Waals surface area contributed by atoms with Crippen molar-refractivity contribution in [2.45, 2.75) is 19.4 Å². The highest BCUT2D eigenvalue weighted by molar-refractivity contribution is 6.21. The van der Waals surface area contributed by atoms with E-state index in [2.05, 4.69) is 17.1 Å². The minimum atomic E-state index is -0.205. The second kappa shape index (κ2) is 5.15. The van der Waals surface area contributed by atoms with Crippen molar-refractivity contribution in [1.29, 1.82) is 0 Å². The molecule has 2 aliphatic heterocycles. The molecule has 3 rings (SSSR count). The lowest BCUT2D eigenvalue weighted by atomic mass is 9.93. The molecule has 2 unspecified atom stereocenters. The first kappa shape index (κ1) is 14.1. The maximum atomic E-state index is 12.1. The summed E-state index contributed by atoms with van der Waals surface area (Å²) in [7, 11) is 3.54. The van der Waals surface area contributed by atoms with Gasteiger partial charge in [0.2, 0.25) is 0 Å². The normalized spacial score (nSPS) is 25.5. The quantitative estimate of drug-likeness (QED) is 0.834. The van der Waals surface area contributed by atoms with Crippen LogP contribution >= 0.6 is 0 Å². The molecular formula is C16H21N3O2. The summed E-state index contributed by atoms with van der Waals surface area (Å²) in [5.74, 6) is 0.149. The Hall–Kier alpha value is -1.88. The van der Waals surface area contributed by atoms with Crippen LogP contribution in [0.1, 0.15) is 34.1 Å². The molecule has 2 atom stereocenters. The lowest BCUT2D eigenvalue weighted by Gasteiger charge is -2.38. The zero-order valence-electron chi connectivity index (χ0n) is 12.7. The number of nitrogens with zero attached hydrogens (tertiary/aromatic N) is 2. The van der Waals surface area contributed by atoms with Crippen molar-refractivity contribution in [3.05, 3.63) is 29.3 Å². The fraction of sp³-hybridized carbons (Fsp3) is 0.500. The molecule has 1 aromatic rings. The number of nitrogens with one attached hydrogen (secondary N) is 1. The highest BCUT2D eigenvalue weighted by atomic mass is 16.2. The Morgan fingerprint density at radius 1 is 1.19 bits per heavy atom. The van der Waals surface area contributed by atoms with Crippen LogP contribution in [0.4, 0.5) is 5.69 Å². The van der Waals surface area contributed by atoms with Gasteiger partial charge >= 0.3 is 0 Å². The molecule has 2 amide bonds. The molecular weight excluding hydrogens is 266 g/mol. The number of carbonyl (C=O) groups excluding carboxylic acids is 2. The molecule has 1 fully saturated rings. The lowest BCUT2D eigenvalue weighted by Crippen LogP contribution is -2.47. The van der Waals surface area contributed by atoms with Crippen LogP contribution in [-0.4, -0.2) is 49.9 Å². The highest BCUT2D eigenvalue weighted by Gasteiger charge is 2.33. The standard InChI is InChI=1S/C16H21N3O2/c1-10-9-19(7-6-14(10)17-2)11-4-5-12-13(8-11)16(21)18(3)15(12)20/h4-5,8,10,14,17H,6-7,9H2,1-3H3. The molecule has 0 aliphatic carbocycles. The van der Waals surface area contributed by atoms with E-state index in [1.165, 1.54) is 11.9 Å². The molecule has 1 aromatic carbocycles. The Bertz CT molecular complexity index is 599. The van der Waals surface area contributed by atoms with Crippen LogP contribution in [0, 0.1) is 5.92 Å². The number of anilines is 1. The largest absolute Gasteiger partial charge is 0.371 e. The van der Waals surface area contributed by atoms with Crippen LogP contribution in [0.3, 0.4) is 0 Å². The number of piperidine rings is 1. The van der Waals surface area contributed by atoms with Gasteiger partial charge in [-0.05, 0) is 37.6 Å². The van der Waals surface area contributed by atoms with Gasteiger partial charge in [-0.1, -0.05) is 6.92 Å². The Morgan fingerprint density at radius 2 is 1.90 bits per heavy atom. The van der Waals surface area contributed by atoms with E-state index < -0.39 is 0 Å². The van der Waals surface area contributed by atoms with E-state index in [1.54, 1.807) is 6.07 Å². The first-order chi connectivity index (χ1) is 10.0. The molecule has 1 N–H and O–H groups in total. The Labute approximate surface area is 124 Å². The number of imide groups is 1. The first-order valence-electron chi connectivity index (χ1n) is 7.41. The van der Waals surface area contributed by atoms with Crippen molar-refractivity contribution >= 4 is 17.5 Å². The number of amides is 2. The van der Waals surface area contributed by atoms with Crippen LogP contribution in [0.15, 0.2) is 18.2 Å². The number of hydrogen-bond acceptors (Lipinski definition) is 4. The van der Waals surface area contributed by atoms with Crippen molar-refractivity contribution in [1.82, 2.24) is 10.2 Å². The summed E-state index contributed by atoms with van der Waals surface area (Å²) in [4.78, 5) is 27.5. The van der Waals surface area contributed by atoms with Crippen molar-refractivity contribution in [2.24, 2.45) is 5.92 Å². The van der Waals surface area contributed by atoms with Crippen molar-refractivity contribution in [2.75, 3.05) is 32.1 Å². The third-order valence-corrected chi connectivity index (χ3v) is 4.71. The number of benzene rings is 1. The molecule has 5 heteroatoms.